The first-order valence-electron chi connectivity index (χ1n) is 18.0. The number of furan rings is 1. The van der Waals surface area contributed by atoms with Gasteiger partial charge in [-0.25, -0.2) is 4.98 Å². The van der Waals surface area contributed by atoms with E-state index in [1.807, 2.05) is 42.5 Å². The van der Waals surface area contributed by atoms with Gasteiger partial charge in [-0.1, -0.05) is 65.5 Å². The predicted octanol–water partition coefficient (Wildman–Crippen LogP) is 9.05. The molecule has 0 atom stereocenters. The first kappa shape index (κ1) is 21.3. The van der Waals surface area contributed by atoms with Crippen LogP contribution in [-0.2, 0) is 45.6 Å². The van der Waals surface area contributed by atoms with Crippen LogP contribution >= 0.6 is 0 Å². The summed E-state index contributed by atoms with van der Waals surface area (Å²) in [6, 6.07) is 37.8. The van der Waals surface area contributed by atoms with E-state index in [9.17, 15) is 0 Å². The van der Waals surface area contributed by atoms with Gasteiger partial charge in [-0.15, -0.1) is 54.1 Å². The number of fused-ring (bicyclic) bond motifs is 4. The molecular formula is C39H31IrN3O-2. The molecule has 0 spiro atoms. The minimum Gasteiger partial charge on any atom is -0.486 e. The van der Waals surface area contributed by atoms with Gasteiger partial charge in [-0.05, 0) is 79.0 Å². The van der Waals surface area contributed by atoms with E-state index in [0.29, 0.717) is 27.6 Å². The van der Waals surface area contributed by atoms with Gasteiger partial charge < -0.3 is 14.4 Å². The van der Waals surface area contributed by atoms with Crippen LogP contribution in [0.25, 0.3) is 44.6 Å². The first-order valence-corrected chi connectivity index (χ1v) is 14.0. The standard InChI is InChI=1S/C28H23N2O.C11H8N.Ir/c1-2-7-19(8-3-1)13-15-21-16-17-23-22-10-6-11-24(27(22)31-28(23)29-21)26-18-14-20-9-4-5-12-25(20)30-26;1-2-6-10(7-3-1)11-8-4-5-9-12-11;/h1-3,6-8,10,14,16-18H,4-5,9,12-13,15H2;1-6,8-9H;/q2*-1;/i9D2,12D2,13D2,15D2;;. The summed E-state index contributed by atoms with van der Waals surface area (Å²) in [5, 5.41) is 1.27. The van der Waals surface area contributed by atoms with Crippen LogP contribution < -0.4 is 0 Å². The molecule has 0 saturated carbocycles. The second-order valence-corrected chi connectivity index (χ2v) is 9.80. The van der Waals surface area contributed by atoms with Gasteiger partial charge in [0.15, 0.2) is 0 Å². The van der Waals surface area contributed by atoms with Crippen LogP contribution in [0, 0.1) is 12.1 Å². The molecule has 0 amide bonds. The van der Waals surface area contributed by atoms with Crippen molar-refractivity contribution < 1.29 is 35.5 Å². The van der Waals surface area contributed by atoms with E-state index < -0.39 is 25.5 Å². The average Bonchev–Trinajstić information content (AvgIpc) is 3.53. The summed E-state index contributed by atoms with van der Waals surface area (Å²) in [5.74, 6) is 0. The van der Waals surface area contributed by atoms with Gasteiger partial charge in [0.2, 0.25) is 5.71 Å². The Kier molecular flexibility index (Phi) is 6.73. The predicted molar refractivity (Wildman–Crippen MR) is 173 cm³/mol. The second-order valence-electron chi connectivity index (χ2n) is 9.80. The molecule has 4 aromatic heterocycles. The molecule has 1 aliphatic carbocycles. The molecule has 0 unspecified atom stereocenters. The van der Waals surface area contributed by atoms with Crippen LogP contribution in [0.2, 0.25) is 0 Å². The quantitative estimate of drug-likeness (QED) is 0.165. The molecule has 4 heterocycles. The van der Waals surface area contributed by atoms with Crippen LogP contribution in [0.5, 0.6) is 0 Å². The van der Waals surface area contributed by atoms with Crippen molar-refractivity contribution in [3.05, 3.63) is 150 Å². The van der Waals surface area contributed by atoms with Gasteiger partial charge in [0, 0.05) is 54.0 Å². The van der Waals surface area contributed by atoms with Gasteiger partial charge in [0.25, 0.3) is 0 Å². The largest absolute Gasteiger partial charge is 0.486 e. The summed E-state index contributed by atoms with van der Waals surface area (Å²) in [6.45, 7) is 0. The molecule has 0 saturated heterocycles. The molecule has 0 fully saturated rings. The average molecular weight is 758 g/mol. The van der Waals surface area contributed by atoms with E-state index in [0.717, 1.165) is 11.3 Å². The summed E-state index contributed by atoms with van der Waals surface area (Å²) in [6.07, 6.45) is -6.41. The van der Waals surface area contributed by atoms with Gasteiger partial charge in [0.1, 0.15) is 0 Å². The van der Waals surface area contributed by atoms with Crippen molar-refractivity contribution >= 4 is 22.1 Å². The summed E-state index contributed by atoms with van der Waals surface area (Å²) in [5.41, 5.74) is 3.70. The number of pyridine rings is 3. The first-order chi connectivity index (χ1) is 24.3. The zero-order chi connectivity index (χ0) is 36.0. The van der Waals surface area contributed by atoms with Gasteiger partial charge in [-0.3, -0.25) is 0 Å². The number of aryl methyl sites for hydroxylation is 4. The fourth-order valence-corrected chi connectivity index (χ4v) is 4.87. The van der Waals surface area contributed by atoms with Crippen molar-refractivity contribution in [2.75, 3.05) is 0 Å². The van der Waals surface area contributed by atoms with Crippen LogP contribution in [-0.4, -0.2) is 15.0 Å². The summed E-state index contributed by atoms with van der Waals surface area (Å²) in [7, 11) is 0. The van der Waals surface area contributed by atoms with Gasteiger partial charge in [0.05, 0.1) is 5.58 Å². The number of nitrogens with zero attached hydrogens (tertiary/aromatic N) is 3. The number of aromatic nitrogens is 3. The van der Waals surface area contributed by atoms with Crippen molar-refractivity contribution in [1.82, 2.24) is 15.0 Å². The van der Waals surface area contributed by atoms with Crippen molar-refractivity contribution in [3.63, 3.8) is 0 Å². The van der Waals surface area contributed by atoms with E-state index in [1.165, 1.54) is 6.07 Å². The molecule has 8 rings (SSSR count). The third kappa shape index (κ3) is 6.55. The van der Waals surface area contributed by atoms with Crippen molar-refractivity contribution in [2.24, 2.45) is 0 Å². The van der Waals surface area contributed by atoms with Crippen LogP contribution in [0.3, 0.4) is 0 Å². The van der Waals surface area contributed by atoms with Crippen LogP contribution in [0.15, 0.2) is 120 Å². The van der Waals surface area contributed by atoms with E-state index in [1.54, 1.807) is 66.9 Å². The maximum atomic E-state index is 8.66. The van der Waals surface area contributed by atoms with Gasteiger partial charge in [-0.2, -0.15) is 0 Å². The Morgan fingerprint density at radius 2 is 1.59 bits per heavy atom. The monoisotopic (exact) mass is 758 g/mol. The SMILES string of the molecule is [2H]C1([2H])CCC([2H])([2H])c2nc(-c3[c-]ccc4c3oc3nc(C([2H])([2H])C([2H])([2H])c5ccccc5)ccc34)ccc21.[Ir].[c-]1ccccc1-c1ccccn1. The molecular weight excluding hydrogens is 719 g/mol. The minimum absolute atomic E-state index is 0. The van der Waals surface area contributed by atoms with Crippen LogP contribution in [0.4, 0.5) is 0 Å². The third-order valence-electron chi connectivity index (χ3n) is 6.94. The Morgan fingerprint density at radius 1 is 0.727 bits per heavy atom. The number of benzene rings is 3. The number of hydrogen-bond acceptors (Lipinski definition) is 4. The topological polar surface area (TPSA) is 51.8 Å². The normalized spacial score (nSPS) is 17.8. The van der Waals surface area contributed by atoms with E-state index in [2.05, 4.69) is 27.1 Å². The van der Waals surface area contributed by atoms with E-state index in [-0.39, 0.29) is 61.2 Å². The summed E-state index contributed by atoms with van der Waals surface area (Å²) < 4.78 is 74.0. The fourth-order valence-electron chi connectivity index (χ4n) is 4.87. The smallest absolute Gasteiger partial charge is 0.216 e. The van der Waals surface area contributed by atoms with E-state index >= 15 is 0 Å². The molecule has 44 heavy (non-hydrogen) atoms. The Bertz CT molecular complexity index is 2300. The van der Waals surface area contributed by atoms with Crippen molar-refractivity contribution in [3.8, 4) is 22.5 Å². The third-order valence-corrected chi connectivity index (χ3v) is 6.94. The maximum absolute atomic E-state index is 8.66. The zero-order valence-electron chi connectivity index (χ0n) is 31.5. The summed E-state index contributed by atoms with van der Waals surface area (Å²) >= 11 is 0. The molecule has 4 nitrogen and oxygen atoms in total. The molecule has 1 radical (unpaired) electrons. The molecule has 0 aliphatic heterocycles. The number of rotatable bonds is 5. The Hall–Kier alpha value is -4.44. The molecule has 0 bridgehead atoms. The Labute approximate surface area is 282 Å². The fraction of sp³-hybridized carbons (Fsp3) is 0.154. The van der Waals surface area contributed by atoms with E-state index in [4.69, 9.17) is 15.4 Å². The number of hydrogen-bond donors (Lipinski definition) is 0. The van der Waals surface area contributed by atoms with Crippen LogP contribution in [0.1, 0.15) is 46.3 Å². The molecule has 219 valence electrons. The maximum Gasteiger partial charge on any atom is 0.216 e. The molecule has 3 aromatic carbocycles. The summed E-state index contributed by atoms with van der Waals surface area (Å²) in [4.78, 5) is 13.2. The molecule has 0 N–H and O–H groups in total. The molecule has 5 heteroatoms. The zero-order valence-corrected chi connectivity index (χ0v) is 25.9. The Morgan fingerprint density at radius 3 is 2.43 bits per heavy atom. The Balaban J connectivity index is 0.000000302. The molecule has 1 aliphatic rings. The minimum atomic E-state index is -2.47. The second kappa shape index (κ2) is 13.9. The molecule has 7 aromatic rings. The van der Waals surface area contributed by atoms with Crippen molar-refractivity contribution in [2.45, 2.75) is 38.3 Å². The van der Waals surface area contributed by atoms with Crippen molar-refractivity contribution in [1.29, 1.82) is 0 Å². The van der Waals surface area contributed by atoms with Gasteiger partial charge >= 0.3 is 0 Å².